The van der Waals surface area contributed by atoms with Crippen LogP contribution in [-0.2, 0) is 16.6 Å². The Balaban J connectivity index is 1.51. The molecule has 4 heterocycles. The molecule has 11 heteroatoms. The predicted octanol–water partition coefficient (Wildman–Crippen LogP) is 2.80. The van der Waals surface area contributed by atoms with Crippen LogP contribution in [0.25, 0.3) is 28.3 Å². The highest BCUT2D eigenvalue weighted by Crippen LogP contribution is 2.29. The van der Waals surface area contributed by atoms with E-state index in [0.29, 0.717) is 46.4 Å². The van der Waals surface area contributed by atoms with Crippen molar-refractivity contribution in [2.75, 3.05) is 24.1 Å². The van der Waals surface area contributed by atoms with E-state index in [1.807, 2.05) is 18.2 Å². The van der Waals surface area contributed by atoms with Crippen LogP contribution in [0.2, 0.25) is 0 Å². The molecule has 166 valence electrons. The Labute approximate surface area is 185 Å². The lowest BCUT2D eigenvalue weighted by Gasteiger charge is -2.24. The summed E-state index contributed by atoms with van der Waals surface area (Å²) in [6.45, 7) is 2.66. The molecule has 1 aliphatic heterocycles. The van der Waals surface area contributed by atoms with Crippen LogP contribution in [0.4, 0.5) is 5.69 Å². The lowest BCUT2D eigenvalue weighted by Crippen LogP contribution is -2.29. The van der Waals surface area contributed by atoms with E-state index in [9.17, 15) is 8.42 Å². The minimum absolute atomic E-state index is 0.396. The van der Waals surface area contributed by atoms with E-state index < -0.39 is 10.0 Å². The zero-order valence-electron chi connectivity index (χ0n) is 17.6. The molecule has 0 unspecified atom stereocenters. The van der Waals surface area contributed by atoms with E-state index in [4.69, 9.17) is 4.52 Å². The van der Waals surface area contributed by atoms with Crippen LogP contribution in [0.15, 0.2) is 47.2 Å². The van der Waals surface area contributed by atoms with Gasteiger partial charge in [-0.2, -0.15) is 10.1 Å². The summed E-state index contributed by atoms with van der Waals surface area (Å²) < 4.78 is 33.4. The Kier molecular flexibility index (Phi) is 5.35. The first-order valence-corrected chi connectivity index (χ1v) is 12.3. The van der Waals surface area contributed by atoms with Crippen molar-refractivity contribution >= 4 is 21.4 Å². The van der Waals surface area contributed by atoms with Crippen LogP contribution >= 0.6 is 0 Å². The Morgan fingerprint density at radius 3 is 2.69 bits per heavy atom. The molecular weight excluding hydrogens is 430 g/mol. The van der Waals surface area contributed by atoms with E-state index >= 15 is 0 Å². The number of fused-ring (bicyclic) bond motifs is 1. The molecule has 0 amide bonds. The fraction of sp³-hybridized carbons (Fsp3) is 0.333. The summed E-state index contributed by atoms with van der Waals surface area (Å²) in [5, 5.41) is 8.39. The number of nitrogens with one attached hydrogen (secondary N) is 1. The topological polar surface area (TPSA) is 119 Å². The largest absolute Gasteiger partial charge is 0.338 e. The lowest BCUT2D eigenvalue weighted by atomic mass is 10.1. The maximum atomic E-state index is 11.9. The standard InChI is InChI=1S/C21H23N7O3S/c1-32(29,30)26-17-11-15(18-13-28-19(23-18)6-5-7-22-28)10-16(12-17)21-24-20(31-25-21)14-27-8-3-2-4-9-27/h5-7,10-13,26H,2-4,8-9,14H2,1H3. The van der Waals surface area contributed by atoms with Crippen LogP contribution in [0, 0.1) is 0 Å². The van der Waals surface area contributed by atoms with Crippen LogP contribution < -0.4 is 4.72 Å². The van der Waals surface area contributed by atoms with Gasteiger partial charge in [-0.1, -0.05) is 11.6 Å². The molecular formula is C21H23N7O3S. The summed E-state index contributed by atoms with van der Waals surface area (Å²) in [7, 11) is -3.47. The normalized spacial score (nSPS) is 15.3. The van der Waals surface area contributed by atoms with Crippen LogP contribution in [0.1, 0.15) is 25.2 Å². The van der Waals surface area contributed by atoms with E-state index in [1.165, 1.54) is 19.3 Å². The summed E-state index contributed by atoms with van der Waals surface area (Å²) in [6.07, 6.45) is 8.19. The van der Waals surface area contributed by atoms with Gasteiger partial charge in [0.15, 0.2) is 5.65 Å². The highest BCUT2D eigenvalue weighted by molar-refractivity contribution is 7.92. The Bertz CT molecular complexity index is 1320. The Hall–Kier alpha value is -3.31. The average molecular weight is 454 g/mol. The second-order valence-corrected chi connectivity index (χ2v) is 9.72. The predicted molar refractivity (Wildman–Crippen MR) is 119 cm³/mol. The number of piperidine rings is 1. The van der Waals surface area contributed by atoms with Gasteiger partial charge in [0.2, 0.25) is 21.7 Å². The third-order valence-corrected chi connectivity index (χ3v) is 5.91. The third kappa shape index (κ3) is 4.63. The third-order valence-electron chi connectivity index (χ3n) is 5.30. The number of nitrogens with zero attached hydrogens (tertiary/aromatic N) is 6. The van der Waals surface area contributed by atoms with Gasteiger partial charge in [0.1, 0.15) is 0 Å². The second-order valence-electron chi connectivity index (χ2n) is 7.97. The maximum absolute atomic E-state index is 11.9. The monoisotopic (exact) mass is 453 g/mol. The molecule has 0 bridgehead atoms. The van der Waals surface area contributed by atoms with Crippen LogP contribution in [0.5, 0.6) is 0 Å². The number of anilines is 1. The van der Waals surface area contributed by atoms with Gasteiger partial charge in [-0.15, -0.1) is 0 Å². The van der Waals surface area contributed by atoms with Crippen molar-refractivity contribution in [2.45, 2.75) is 25.8 Å². The fourth-order valence-electron chi connectivity index (χ4n) is 3.89. The molecule has 0 saturated carbocycles. The van der Waals surface area contributed by atoms with E-state index in [-0.39, 0.29) is 0 Å². The molecule has 1 N–H and O–H groups in total. The van der Waals surface area contributed by atoms with Gasteiger partial charge in [0.05, 0.1) is 24.7 Å². The number of rotatable bonds is 6. The molecule has 0 atom stereocenters. The Morgan fingerprint density at radius 2 is 1.91 bits per heavy atom. The molecule has 4 aromatic rings. The van der Waals surface area contributed by atoms with Crippen molar-refractivity contribution in [2.24, 2.45) is 0 Å². The van der Waals surface area contributed by atoms with Gasteiger partial charge in [0, 0.05) is 23.0 Å². The summed E-state index contributed by atoms with van der Waals surface area (Å²) in [5.74, 6) is 0.944. The highest BCUT2D eigenvalue weighted by atomic mass is 32.2. The van der Waals surface area contributed by atoms with Crippen molar-refractivity contribution in [1.29, 1.82) is 0 Å². The smallest absolute Gasteiger partial charge is 0.241 e. The van der Waals surface area contributed by atoms with E-state index in [0.717, 1.165) is 19.3 Å². The summed E-state index contributed by atoms with van der Waals surface area (Å²) in [6, 6.07) is 8.93. The van der Waals surface area contributed by atoms with Crippen LogP contribution in [0.3, 0.4) is 0 Å². The molecule has 5 rings (SSSR count). The molecule has 10 nitrogen and oxygen atoms in total. The highest BCUT2D eigenvalue weighted by Gasteiger charge is 2.17. The molecule has 0 aliphatic carbocycles. The van der Waals surface area contributed by atoms with Gasteiger partial charge in [0.25, 0.3) is 0 Å². The summed E-state index contributed by atoms with van der Waals surface area (Å²) in [5.41, 5.74) is 3.08. The number of imidazole rings is 1. The van der Waals surface area contributed by atoms with Crippen molar-refractivity contribution < 1.29 is 12.9 Å². The first-order chi connectivity index (χ1) is 15.4. The SMILES string of the molecule is CS(=O)(=O)Nc1cc(-c2cn3ncccc3n2)cc(-c2noc(CN3CCCCC3)n2)c1. The number of hydrogen-bond donors (Lipinski definition) is 1. The molecule has 1 saturated heterocycles. The minimum atomic E-state index is -3.47. The van der Waals surface area contributed by atoms with Gasteiger partial charge in [-0.25, -0.2) is 17.9 Å². The van der Waals surface area contributed by atoms with E-state index in [2.05, 4.69) is 29.8 Å². The Morgan fingerprint density at radius 1 is 1.09 bits per heavy atom. The minimum Gasteiger partial charge on any atom is -0.338 e. The molecule has 1 aliphatic rings. The number of benzene rings is 1. The van der Waals surface area contributed by atoms with Crippen molar-refractivity contribution in [3.63, 3.8) is 0 Å². The first kappa shape index (κ1) is 20.6. The van der Waals surface area contributed by atoms with Crippen LogP contribution in [-0.4, -0.2) is 57.4 Å². The van der Waals surface area contributed by atoms with Gasteiger partial charge < -0.3 is 4.52 Å². The molecule has 0 radical (unpaired) electrons. The number of likely N-dealkylation sites (tertiary alicyclic amines) is 1. The second kappa shape index (κ2) is 8.32. The van der Waals surface area contributed by atoms with Crippen molar-refractivity contribution in [3.05, 3.63) is 48.6 Å². The number of sulfonamides is 1. The molecule has 32 heavy (non-hydrogen) atoms. The van der Waals surface area contributed by atoms with Gasteiger partial charge in [-0.05, 0) is 56.3 Å². The quantitative estimate of drug-likeness (QED) is 0.473. The molecule has 0 spiro atoms. The van der Waals surface area contributed by atoms with Crippen molar-refractivity contribution in [1.82, 2.24) is 29.6 Å². The maximum Gasteiger partial charge on any atom is 0.241 e. The van der Waals surface area contributed by atoms with E-state index in [1.54, 1.807) is 29.0 Å². The zero-order chi connectivity index (χ0) is 22.1. The lowest BCUT2D eigenvalue weighted by molar-refractivity contribution is 0.193. The number of aromatic nitrogens is 5. The van der Waals surface area contributed by atoms with Crippen molar-refractivity contribution in [3.8, 4) is 22.6 Å². The fourth-order valence-corrected chi connectivity index (χ4v) is 4.44. The molecule has 1 fully saturated rings. The summed E-state index contributed by atoms with van der Waals surface area (Å²) in [4.78, 5) is 11.4. The summed E-state index contributed by atoms with van der Waals surface area (Å²) >= 11 is 0. The van der Waals surface area contributed by atoms with Gasteiger partial charge in [-0.3, -0.25) is 9.62 Å². The zero-order valence-corrected chi connectivity index (χ0v) is 18.4. The number of hydrogen-bond acceptors (Lipinski definition) is 8. The van der Waals surface area contributed by atoms with Gasteiger partial charge >= 0.3 is 0 Å². The first-order valence-electron chi connectivity index (χ1n) is 10.4. The average Bonchev–Trinajstić information content (AvgIpc) is 3.40. The molecule has 1 aromatic carbocycles. The molecule has 3 aromatic heterocycles.